The van der Waals surface area contributed by atoms with Gasteiger partial charge in [0.25, 0.3) is 0 Å². The third-order valence-corrected chi connectivity index (χ3v) is 3.80. The molecular formula is C15H20F3NO2. The van der Waals surface area contributed by atoms with E-state index in [1.807, 2.05) is 12.1 Å². The number of alkyl halides is 3. The molecule has 3 nitrogen and oxygen atoms in total. The van der Waals surface area contributed by atoms with Crippen molar-refractivity contribution in [3.63, 3.8) is 0 Å². The maximum Gasteiger partial charge on any atom is 0.401 e. The van der Waals surface area contributed by atoms with Crippen LogP contribution in [0, 0.1) is 0 Å². The predicted molar refractivity (Wildman–Crippen MR) is 74.1 cm³/mol. The summed E-state index contributed by atoms with van der Waals surface area (Å²) in [7, 11) is 3.14. The minimum atomic E-state index is -4.17. The first-order valence-corrected chi connectivity index (χ1v) is 6.97. The van der Waals surface area contributed by atoms with Gasteiger partial charge in [-0.25, -0.2) is 0 Å². The van der Waals surface area contributed by atoms with Crippen molar-refractivity contribution in [2.75, 3.05) is 27.3 Å². The van der Waals surface area contributed by atoms with Crippen molar-refractivity contribution in [3.8, 4) is 11.5 Å². The Kier molecular flexibility index (Phi) is 4.98. The number of hydrogen-bond donors (Lipinski definition) is 1. The van der Waals surface area contributed by atoms with Gasteiger partial charge in [0, 0.05) is 6.54 Å². The molecular weight excluding hydrogens is 283 g/mol. The Balaban J connectivity index is 2.14. The van der Waals surface area contributed by atoms with Gasteiger partial charge >= 0.3 is 6.18 Å². The van der Waals surface area contributed by atoms with Gasteiger partial charge in [-0.2, -0.15) is 13.2 Å². The van der Waals surface area contributed by atoms with Crippen molar-refractivity contribution >= 4 is 0 Å². The van der Waals surface area contributed by atoms with Crippen molar-refractivity contribution < 1.29 is 22.6 Å². The smallest absolute Gasteiger partial charge is 0.401 e. The summed E-state index contributed by atoms with van der Waals surface area (Å²) in [6.07, 6.45) is -1.39. The summed E-state index contributed by atoms with van der Waals surface area (Å²) in [5.41, 5.74) is 2.20. The second kappa shape index (κ2) is 6.56. The zero-order valence-electron chi connectivity index (χ0n) is 12.2. The van der Waals surface area contributed by atoms with E-state index in [-0.39, 0.29) is 5.92 Å². The number of rotatable bonds is 5. The van der Waals surface area contributed by atoms with Crippen molar-refractivity contribution in [2.45, 2.75) is 31.4 Å². The maximum absolute atomic E-state index is 12.2. The highest BCUT2D eigenvalue weighted by Gasteiger charge is 2.28. The molecule has 0 bridgehead atoms. The van der Waals surface area contributed by atoms with E-state index in [2.05, 4.69) is 5.32 Å². The third-order valence-electron chi connectivity index (χ3n) is 3.80. The number of hydrogen-bond acceptors (Lipinski definition) is 3. The van der Waals surface area contributed by atoms with Gasteiger partial charge < -0.3 is 14.8 Å². The molecule has 1 aliphatic carbocycles. The van der Waals surface area contributed by atoms with Crippen molar-refractivity contribution in [2.24, 2.45) is 0 Å². The van der Waals surface area contributed by atoms with Crippen LogP contribution in [0.15, 0.2) is 12.1 Å². The lowest BCUT2D eigenvalue weighted by Gasteiger charge is -2.27. The maximum atomic E-state index is 12.2. The molecule has 0 saturated heterocycles. The van der Waals surface area contributed by atoms with Crippen LogP contribution in [0.5, 0.6) is 11.5 Å². The summed E-state index contributed by atoms with van der Waals surface area (Å²) >= 11 is 0. The van der Waals surface area contributed by atoms with Crippen LogP contribution in [-0.4, -0.2) is 33.5 Å². The Morgan fingerprint density at radius 3 is 2.48 bits per heavy atom. The van der Waals surface area contributed by atoms with E-state index in [4.69, 9.17) is 9.47 Å². The van der Waals surface area contributed by atoms with Gasteiger partial charge in [-0.05, 0) is 48.4 Å². The first-order chi connectivity index (χ1) is 9.94. The number of nitrogens with one attached hydrogen (secondary N) is 1. The van der Waals surface area contributed by atoms with Crippen LogP contribution in [0.25, 0.3) is 0 Å². The lowest BCUT2D eigenvalue weighted by molar-refractivity contribution is -0.124. The zero-order valence-corrected chi connectivity index (χ0v) is 12.2. The van der Waals surface area contributed by atoms with Crippen molar-refractivity contribution in [1.29, 1.82) is 0 Å². The number of halogens is 3. The second-order valence-electron chi connectivity index (χ2n) is 5.24. The summed E-state index contributed by atoms with van der Waals surface area (Å²) in [4.78, 5) is 0. The molecule has 1 aromatic rings. The van der Waals surface area contributed by atoms with Crippen LogP contribution >= 0.6 is 0 Å². The molecule has 0 radical (unpaired) electrons. The summed E-state index contributed by atoms with van der Waals surface area (Å²) in [6.45, 7) is -0.631. The van der Waals surface area contributed by atoms with E-state index >= 15 is 0 Å². The molecule has 1 aliphatic rings. The molecule has 0 aliphatic heterocycles. The van der Waals surface area contributed by atoms with Crippen LogP contribution in [0.2, 0.25) is 0 Å². The Labute approximate surface area is 122 Å². The lowest BCUT2D eigenvalue weighted by atomic mass is 9.82. The Hall–Kier alpha value is -1.43. The van der Waals surface area contributed by atoms with Gasteiger partial charge in [-0.1, -0.05) is 0 Å². The van der Waals surface area contributed by atoms with Crippen LogP contribution in [0.1, 0.15) is 29.9 Å². The Morgan fingerprint density at radius 1 is 1.19 bits per heavy atom. The molecule has 0 aromatic heterocycles. The Morgan fingerprint density at radius 2 is 1.86 bits per heavy atom. The molecule has 0 spiro atoms. The van der Waals surface area contributed by atoms with Gasteiger partial charge in [0.05, 0.1) is 20.8 Å². The molecule has 1 unspecified atom stereocenters. The van der Waals surface area contributed by atoms with Gasteiger partial charge in [0.2, 0.25) is 0 Å². The largest absolute Gasteiger partial charge is 0.493 e. The van der Waals surface area contributed by atoms with Gasteiger partial charge in [0.1, 0.15) is 0 Å². The molecule has 0 saturated carbocycles. The third kappa shape index (κ3) is 4.03. The monoisotopic (exact) mass is 303 g/mol. The van der Waals surface area contributed by atoms with Crippen molar-refractivity contribution in [3.05, 3.63) is 23.3 Å². The molecule has 0 amide bonds. The molecule has 118 valence electrons. The van der Waals surface area contributed by atoms with Crippen LogP contribution in [-0.2, 0) is 6.42 Å². The molecule has 1 N–H and O–H groups in total. The SMILES string of the molecule is COc1cc2c(cc1OC)C(CNCC(F)(F)F)CCC2. The zero-order chi connectivity index (χ0) is 15.5. The first kappa shape index (κ1) is 15.9. The molecule has 2 rings (SSSR count). The summed E-state index contributed by atoms with van der Waals surface area (Å²) in [6, 6.07) is 3.83. The number of aryl methyl sites for hydroxylation is 1. The molecule has 0 fully saturated rings. The molecule has 6 heteroatoms. The summed E-state index contributed by atoms with van der Waals surface area (Å²) < 4.78 is 47.2. The summed E-state index contributed by atoms with van der Waals surface area (Å²) in [5.74, 6) is 1.37. The fourth-order valence-corrected chi connectivity index (χ4v) is 2.83. The lowest BCUT2D eigenvalue weighted by Crippen LogP contribution is -2.32. The normalized spacial score (nSPS) is 18.2. The molecule has 0 heterocycles. The van der Waals surface area contributed by atoms with Crippen LogP contribution in [0.4, 0.5) is 13.2 Å². The predicted octanol–water partition coefficient (Wildman–Crippen LogP) is 3.28. The average Bonchev–Trinajstić information content (AvgIpc) is 2.44. The summed E-state index contributed by atoms with van der Waals surface area (Å²) in [5, 5.41) is 2.50. The fraction of sp³-hybridized carbons (Fsp3) is 0.600. The van der Waals surface area contributed by atoms with Gasteiger partial charge in [-0.3, -0.25) is 0 Å². The highest BCUT2D eigenvalue weighted by Crippen LogP contribution is 2.38. The van der Waals surface area contributed by atoms with Crippen molar-refractivity contribution in [1.82, 2.24) is 5.32 Å². The fourth-order valence-electron chi connectivity index (χ4n) is 2.83. The Bertz CT molecular complexity index is 489. The first-order valence-electron chi connectivity index (χ1n) is 6.97. The minimum Gasteiger partial charge on any atom is -0.493 e. The van der Waals surface area contributed by atoms with E-state index in [0.717, 1.165) is 30.4 Å². The molecule has 1 aromatic carbocycles. The average molecular weight is 303 g/mol. The number of ether oxygens (including phenoxy) is 2. The minimum absolute atomic E-state index is 0.0795. The standard InChI is InChI=1S/C15H20F3NO2/c1-20-13-6-10-4-3-5-11(8-19-9-15(16,17)18)12(10)7-14(13)21-2/h6-7,11,19H,3-5,8-9H2,1-2H3. The van der Waals surface area contributed by atoms with E-state index in [0.29, 0.717) is 18.0 Å². The highest BCUT2D eigenvalue weighted by atomic mass is 19.4. The van der Waals surface area contributed by atoms with Crippen LogP contribution < -0.4 is 14.8 Å². The van der Waals surface area contributed by atoms with E-state index < -0.39 is 12.7 Å². The number of methoxy groups -OCH3 is 2. The van der Waals surface area contributed by atoms with E-state index in [1.54, 1.807) is 14.2 Å². The van der Waals surface area contributed by atoms with E-state index in [9.17, 15) is 13.2 Å². The quantitative estimate of drug-likeness (QED) is 0.905. The topological polar surface area (TPSA) is 30.5 Å². The van der Waals surface area contributed by atoms with E-state index in [1.165, 1.54) is 0 Å². The van der Waals surface area contributed by atoms with Crippen LogP contribution in [0.3, 0.4) is 0 Å². The highest BCUT2D eigenvalue weighted by molar-refractivity contribution is 5.49. The van der Waals surface area contributed by atoms with Gasteiger partial charge in [-0.15, -0.1) is 0 Å². The number of fused-ring (bicyclic) bond motifs is 1. The molecule has 21 heavy (non-hydrogen) atoms. The second-order valence-corrected chi connectivity index (χ2v) is 5.24. The number of benzene rings is 1. The van der Waals surface area contributed by atoms with Gasteiger partial charge in [0.15, 0.2) is 11.5 Å². The molecule has 1 atom stereocenters.